The van der Waals surface area contributed by atoms with Crippen molar-refractivity contribution in [2.45, 2.75) is 77.9 Å². The lowest BCUT2D eigenvalue weighted by molar-refractivity contribution is -0.142. The molecule has 0 spiro atoms. The molecular weight excluding hydrogens is 402 g/mol. The molecule has 0 amide bonds. The molecule has 4 aliphatic rings. The number of allylic oxidation sites excluding steroid dienone is 2. The highest BCUT2D eigenvalue weighted by Crippen LogP contribution is 2.65. The third kappa shape index (κ3) is 4.03. The zero-order valence-electron chi connectivity index (χ0n) is 20.1. The first-order chi connectivity index (χ1) is 15.2. The van der Waals surface area contributed by atoms with E-state index in [1.165, 1.54) is 5.57 Å². The Hall–Kier alpha value is -1.72. The molecule has 32 heavy (non-hydrogen) atoms. The van der Waals surface area contributed by atoms with Crippen LogP contribution in [0.25, 0.3) is 0 Å². The van der Waals surface area contributed by atoms with Crippen molar-refractivity contribution < 1.29 is 19.8 Å². The summed E-state index contributed by atoms with van der Waals surface area (Å²) in [5.41, 5.74) is 2.20. The summed E-state index contributed by atoms with van der Waals surface area (Å²) in [5.74, 6) is 1.05. The lowest BCUT2D eigenvalue weighted by Gasteiger charge is -2.57. The Balaban J connectivity index is 0.00000141. The zero-order valence-corrected chi connectivity index (χ0v) is 20.1. The molecule has 2 N–H and O–H groups in total. The van der Waals surface area contributed by atoms with Crippen molar-refractivity contribution >= 4 is 11.5 Å². The Morgan fingerprint density at radius 1 is 1.16 bits per heavy atom. The number of aliphatic hydroxyl groups excluding tert-OH is 2. The van der Waals surface area contributed by atoms with Gasteiger partial charge < -0.3 is 15.1 Å². The molecular formula is C27H41NO4. The van der Waals surface area contributed by atoms with Gasteiger partial charge in [0.25, 0.3) is 0 Å². The predicted octanol–water partition coefficient (Wildman–Crippen LogP) is 4.85. The van der Waals surface area contributed by atoms with Gasteiger partial charge >= 0.3 is 0 Å². The van der Waals surface area contributed by atoms with Gasteiger partial charge in [0, 0.05) is 18.3 Å². The molecule has 5 heteroatoms. The average Bonchev–Trinajstić information content (AvgIpc) is 3.12. The average molecular weight is 444 g/mol. The van der Waals surface area contributed by atoms with Crippen molar-refractivity contribution in [2.75, 3.05) is 6.61 Å². The number of rotatable bonds is 5. The van der Waals surface area contributed by atoms with Crippen LogP contribution in [0.1, 0.15) is 65.7 Å². The summed E-state index contributed by atoms with van der Waals surface area (Å²) in [4.78, 5) is 18.6. The summed E-state index contributed by atoms with van der Waals surface area (Å²) in [7, 11) is 0. The van der Waals surface area contributed by atoms with E-state index in [-0.39, 0.29) is 22.5 Å². The number of carbonyl (C=O) groups is 1. The predicted molar refractivity (Wildman–Crippen MR) is 128 cm³/mol. The molecule has 8 unspecified atom stereocenters. The Kier molecular flexibility index (Phi) is 7.51. The van der Waals surface area contributed by atoms with Crippen LogP contribution in [0.2, 0.25) is 0 Å². The molecule has 3 saturated carbocycles. The summed E-state index contributed by atoms with van der Waals surface area (Å²) < 4.78 is 0. The second-order valence-corrected chi connectivity index (χ2v) is 10.6. The minimum Gasteiger partial charge on any atom is -0.396 e. The van der Waals surface area contributed by atoms with Gasteiger partial charge in [0.1, 0.15) is 6.61 Å². The normalized spacial score (nSPS) is 43.1. The van der Waals surface area contributed by atoms with Crippen molar-refractivity contribution in [2.24, 2.45) is 39.7 Å². The minimum atomic E-state index is -0.786. The molecule has 0 saturated heterocycles. The van der Waals surface area contributed by atoms with Gasteiger partial charge in [-0.3, -0.25) is 4.79 Å². The number of fused-ring (bicyclic) bond motifs is 5. The third-order valence-electron chi connectivity index (χ3n) is 9.05. The number of hydrogen-bond acceptors (Lipinski definition) is 5. The van der Waals surface area contributed by atoms with E-state index >= 15 is 0 Å². The first-order valence-corrected chi connectivity index (χ1v) is 12.1. The van der Waals surface area contributed by atoms with Gasteiger partial charge in [0.15, 0.2) is 5.78 Å². The Morgan fingerprint density at radius 3 is 2.53 bits per heavy atom. The van der Waals surface area contributed by atoms with E-state index in [2.05, 4.69) is 45.7 Å². The summed E-state index contributed by atoms with van der Waals surface area (Å²) in [6.45, 7) is 16.9. The van der Waals surface area contributed by atoms with Gasteiger partial charge in [-0.15, -0.1) is 19.7 Å². The highest BCUT2D eigenvalue weighted by Gasteiger charge is 2.60. The van der Waals surface area contributed by atoms with Crippen molar-refractivity contribution in [1.82, 2.24) is 0 Å². The summed E-state index contributed by atoms with van der Waals surface area (Å²) in [5, 5.41) is 25.0. The first-order valence-electron chi connectivity index (χ1n) is 12.1. The van der Waals surface area contributed by atoms with Crippen LogP contribution >= 0.6 is 0 Å². The van der Waals surface area contributed by atoms with Crippen molar-refractivity contribution in [1.29, 1.82) is 0 Å². The van der Waals surface area contributed by atoms with Crippen molar-refractivity contribution in [3.05, 3.63) is 37.5 Å². The van der Waals surface area contributed by atoms with Crippen LogP contribution in [0.4, 0.5) is 0 Å². The molecule has 0 aromatic carbocycles. The van der Waals surface area contributed by atoms with E-state index in [9.17, 15) is 15.0 Å². The molecule has 0 aromatic rings. The number of ketones is 1. The molecule has 0 aliphatic heterocycles. The third-order valence-corrected chi connectivity index (χ3v) is 9.05. The Bertz CT molecular complexity index is 789. The van der Waals surface area contributed by atoms with Crippen molar-refractivity contribution in [3.63, 3.8) is 0 Å². The fourth-order valence-corrected chi connectivity index (χ4v) is 7.43. The van der Waals surface area contributed by atoms with Crippen LogP contribution in [0, 0.1) is 34.5 Å². The number of oxime groups is 1. The quantitative estimate of drug-likeness (QED) is 0.276. The standard InChI is InChI=1S/C25H37NO4.C2H4/c1-5-6-11-30-26-15(2)17-7-8-18-16-12-21(27)20-13-22(28)23(29)14-25(20,4)19(16)9-10-24(17,18)3;1-2/h5,12,17-20,22-23,28-29H,1,6-11,13-14H2,2-4H3;1-2H2/b26-15+;. The minimum absolute atomic E-state index is 0.0913. The van der Waals surface area contributed by atoms with Gasteiger partial charge in [-0.05, 0) is 74.2 Å². The molecule has 5 nitrogen and oxygen atoms in total. The topological polar surface area (TPSA) is 79.1 Å². The largest absolute Gasteiger partial charge is 0.396 e. The fourth-order valence-electron chi connectivity index (χ4n) is 7.43. The molecule has 0 heterocycles. The summed E-state index contributed by atoms with van der Waals surface area (Å²) >= 11 is 0. The lowest BCUT2D eigenvalue weighted by atomic mass is 9.47. The van der Waals surface area contributed by atoms with Gasteiger partial charge in [-0.25, -0.2) is 0 Å². The van der Waals surface area contributed by atoms with Gasteiger partial charge in [-0.2, -0.15) is 0 Å². The number of nitrogens with zero attached hydrogens (tertiary/aromatic N) is 1. The van der Waals surface area contributed by atoms with Crippen LogP contribution in [-0.2, 0) is 9.63 Å². The molecule has 4 rings (SSSR count). The highest BCUT2D eigenvalue weighted by molar-refractivity contribution is 5.95. The second-order valence-electron chi connectivity index (χ2n) is 10.6. The van der Waals surface area contributed by atoms with Gasteiger partial charge in [-0.1, -0.05) is 30.7 Å². The number of aliphatic hydroxyl groups is 2. The van der Waals surface area contributed by atoms with Crippen LogP contribution in [0.3, 0.4) is 0 Å². The van der Waals surface area contributed by atoms with Crippen molar-refractivity contribution in [3.8, 4) is 0 Å². The van der Waals surface area contributed by atoms with E-state index in [1.54, 1.807) is 0 Å². The van der Waals surface area contributed by atoms with Gasteiger partial charge in [0.05, 0.1) is 17.9 Å². The molecule has 0 bridgehead atoms. The Labute approximate surface area is 193 Å². The smallest absolute Gasteiger partial charge is 0.159 e. The first kappa shape index (κ1) is 24.9. The maximum Gasteiger partial charge on any atom is 0.159 e. The van der Waals surface area contributed by atoms with Crippen LogP contribution in [0.15, 0.2) is 42.6 Å². The molecule has 4 aliphatic carbocycles. The van der Waals surface area contributed by atoms with Crippen LogP contribution in [0.5, 0.6) is 0 Å². The van der Waals surface area contributed by atoms with Crippen LogP contribution in [-0.4, -0.2) is 40.5 Å². The van der Waals surface area contributed by atoms with E-state index in [0.717, 1.165) is 37.8 Å². The van der Waals surface area contributed by atoms with E-state index < -0.39 is 12.2 Å². The van der Waals surface area contributed by atoms with Crippen LogP contribution < -0.4 is 0 Å². The second kappa shape index (κ2) is 9.64. The Morgan fingerprint density at radius 2 is 1.84 bits per heavy atom. The molecule has 3 fully saturated rings. The lowest BCUT2D eigenvalue weighted by Crippen LogP contribution is -2.55. The maximum atomic E-state index is 13.1. The SMILES string of the molecule is C=C.C=CCCO/N=C(\C)C1CCC2C3=CC(=O)C4CC(O)C(O)CC4(C)C3CCC21C. The summed E-state index contributed by atoms with van der Waals surface area (Å²) in [6.07, 6.45) is 8.20. The van der Waals surface area contributed by atoms with Gasteiger partial charge in [0.2, 0.25) is 0 Å². The van der Waals surface area contributed by atoms with E-state index in [4.69, 9.17) is 4.84 Å². The monoisotopic (exact) mass is 443 g/mol. The summed E-state index contributed by atoms with van der Waals surface area (Å²) in [6, 6.07) is 0. The fraction of sp³-hybridized carbons (Fsp3) is 0.704. The number of hydrogen-bond donors (Lipinski definition) is 2. The van der Waals surface area contributed by atoms with E-state index in [1.807, 2.05) is 12.2 Å². The zero-order chi connectivity index (χ0) is 23.7. The molecule has 0 radical (unpaired) electrons. The highest BCUT2D eigenvalue weighted by atomic mass is 16.6. The maximum absolute atomic E-state index is 13.1. The molecule has 178 valence electrons. The molecule has 0 aromatic heterocycles. The van der Waals surface area contributed by atoms with E-state index in [0.29, 0.717) is 37.2 Å². The molecule has 8 atom stereocenters. The number of carbonyl (C=O) groups excluding carboxylic acids is 1.